The van der Waals surface area contributed by atoms with E-state index in [0.717, 1.165) is 26.1 Å². The third-order valence-corrected chi connectivity index (χ3v) is 3.94. The third-order valence-electron chi connectivity index (χ3n) is 3.94. The number of nitrogens with zero attached hydrogens (tertiary/aromatic N) is 2. The zero-order valence-corrected chi connectivity index (χ0v) is 14.5. The SMILES string of the molecule is COCCCN(C)C(=O)C(C(C)C)N1CC(C)OC(C)C1. The molecule has 0 radical (unpaired) electrons. The van der Waals surface area contributed by atoms with Gasteiger partial charge in [-0.1, -0.05) is 13.8 Å². The summed E-state index contributed by atoms with van der Waals surface area (Å²) in [6.07, 6.45) is 1.24. The number of carbonyl (C=O) groups excluding carboxylic acids is 1. The number of likely N-dealkylation sites (N-methyl/N-ethyl adjacent to an activating group) is 1. The van der Waals surface area contributed by atoms with Crippen molar-refractivity contribution in [1.29, 1.82) is 0 Å². The Bertz CT molecular complexity index is 313. The summed E-state index contributed by atoms with van der Waals surface area (Å²) in [5, 5.41) is 0. The maximum Gasteiger partial charge on any atom is 0.239 e. The minimum Gasteiger partial charge on any atom is -0.385 e. The van der Waals surface area contributed by atoms with Gasteiger partial charge in [-0.15, -0.1) is 0 Å². The zero-order valence-electron chi connectivity index (χ0n) is 14.5. The maximum absolute atomic E-state index is 12.8. The van der Waals surface area contributed by atoms with Gasteiger partial charge in [0.1, 0.15) is 0 Å². The molecule has 0 bridgehead atoms. The predicted octanol–water partition coefficient (Wildman–Crippen LogP) is 1.62. The second-order valence-corrected chi connectivity index (χ2v) is 6.51. The van der Waals surface area contributed by atoms with E-state index < -0.39 is 0 Å². The Morgan fingerprint density at radius 2 is 1.90 bits per heavy atom. The van der Waals surface area contributed by atoms with E-state index in [1.165, 1.54) is 0 Å². The molecule has 1 aliphatic heterocycles. The third kappa shape index (κ3) is 5.57. The van der Waals surface area contributed by atoms with Gasteiger partial charge < -0.3 is 14.4 Å². The number of carbonyl (C=O) groups is 1. The molecule has 0 saturated carbocycles. The molecule has 21 heavy (non-hydrogen) atoms. The van der Waals surface area contributed by atoms with Gasteiger partial charge in [0, 0.05) is 40.4 Å². The molecular formula is C16H32N2O3. The van der Waals surface area contributed by atoms with Crippen LogP contribution < -0.4 is 0 Å². The molecule has 5 heteroatoms. The van der Waals surface area contributed by atoms with Crippen LogP contribution >= 0.6 is 0 Å². The van der Waals surface area contributed by atoms with Crippen LogP contribution in [0.1, 0.15) is 34.1 Å². The largest absolute Gasteiger partial charge is 0.385 e. The van der Waals surface area contributed by atoms with E-state index in [4.69, 9.17) is 9.47 Å². The highest BCUT2D eigenvalue weighted by atomic mass is 16.5. The summed E-state index contributed by atoms with van der Waals surface area (Å²) in [6, 6.07) is -0.0636. The molecule has 1 rings (SSSR count). The number of ether oxygens (including phenoxy) is 2. The van der Waals surface area contributed by atoms with Crippen molar-refractivity contribution in [2.45, 2.75) is 52.4 Å². The van der Waals surface area contributed by atoms with E-state index >= 15 is 0 Å². The Morgan fingerprint density at radius 1 is 1.33 bits per heavy atom. The highest BCUT2D eigenvalue weighted by Gasteiger charge is 2.35. The van der Waals surface area contributed by atoms with Crippen LogP contribution in [0.5, 0.6) is 0 Å². The maximum atomic E-state index is 12.8. The van der Waals surface area contributed by atoms with Crippen LogP contribution in [0.4, 0.5) is 0 Å². The van der Waals surface area contributed by atoms with Crippen molar-refractivity contribution < 1.29 is 14.3 Å². The molecule has 1 aliphatic rings. The number of amides is 1. The number of rotatable bonds is 7. The summed E-state index contributed by atoms with van der Waals surface area (Å²) in [5.74, 6) is 0.502. The topological polar surface area (TPSA) is 42.0 Å². The molecule has 0 N–H and O–H groups in total. The molecule has 1 saturated heterocycles. The minimum atomic E-state index is -0.0636. The van der Waals surface area contributed by atoms with Crippen molar-refractivity contribution in [2.24, 2.45) is 5.92 Å². The lowest BCUT2D eigenvalue weighted by Crippen LogP contribution is -2.57. The molecule has 0 aliphatic carbocycles. The summed E-state index contributed by atoms with van der Waals surface area (Å²) >= 11 is 0. The quantitative estimate of drug-likeness (QED) is 0.670. The van der Waals surface area contributed by atoms with Crippen molar-refractivity contribution in [1.82, 2.24) is 9.80 Å². The summed E-state index contributed by atoms with van der Waals surface area (Å²) in [4.78, 5) is 16.9. The van der Waals surface area contributed by atoms with Gasteiger partial charge in [0.25, 0.3) is 0 Å². The Kier molecular flexibility index (Phi) is 7.63. The first kappa shape index (κ1) is 18.4. The van der Waals surface area contributed by atoms with Crippen LogP contribution in [0.25, 0.3) is 0 Å². The standard InChI is InChI=1S/C16H32N2O3/c1-12(2)15(16(19)17(5)8-7-9-20-6)18-10-13(3)21-14(4)11-18/h12-15H,7-11H2,1-6H3. The first-order chi connectivity index (χ1) is 9.86. The van der Waals surface area contributed by atoms with Gasteiger partial charge in [-0.3, -0.25) is 9.69 Å². The molecule has 1 heterocycles. The average Bonchev–Trinajstić information content (AvgIpc) is 2.37. The van der Waals surface area contributed by atoms with Crippen LogP contribution in [-0.4, -0.2) is 74.4 Å². The van der Waals surface area contributed by atoms with E-state index in [9.17, 15) is 4.79 Å². The molecule has 3 atom stereocenters. The van der Waals surface area contributed by atoms with Crippen molar-refractivity contribution in [3.63, 3.8) is 0 Å². The second kappa shape index (κ2) is 8.71. The lowest BCUT2D eigenvalue weighted by atomic mass is 9.99. The van der Waals surface area contributed by atoms with E-state index in [1.54, 1.807) is 7.11 Å². The fourth-order valence-corrected chi connectivity index (χ4v) is 3.09. The van der Waals surface area contributed by atoms with Gasteiger partial charge in [-0.05, 0) is 26.2 Å². The van der Waals surface area contributed by atoms with Gasteiger partial charge in [0.05, 0.1) is 18.2 Å². The normalized spacial score (nSPS) is 25.1. The van der Waals surface area contributed by atoms with Crippen molar-refractivity contribution in [2.75, 3.05) is 40.4 Å². The van der Waals surface area contributed by atoms with Crippen LogP contribution in [-0.2, 0) is 14.3 Å². The molecule has 0 aromatic rings. The summed E-state index contributed by atoms with van der Waals surface area (Å²) < 4.78 is 10.8. The number of hydrogen-bond acceptors (Lipinski definition) is 4. The van der Waals surface area contributed by atoms with Gasteiger partial charge in [-0.2, -0.15) is 0 Å². The molecule has 5 nitrogen and oxygen atoms in total. The van der Waals surface area contributed by atoms with Crippen LogP contribution in [0.3, 0.4) is 0 Å². The fourth-order valence-electron chi connectivity index (χ4n) is 3.09. The smallest absolute Gasteiger partial charge is 0.239 e. The summed E-state index contributed by atoms with van der Waals surface area (Å²) in [6.45, 7) is 11.5. The van der Waals surface area contributed by atoms with Gasteiger partial charge in [-0.25, -0.2) is 0 Å². The van der Waals surface area contributed by atoms with E-state index in [-0.39, 0.29) is 24.2 Å². The molecule has 1 fully saturated rings. The monoisotopic (exact) mass is 300 g/mol. The summed E-state index contributed by atoms with van der Waals surface area (Å²) in [5.41, 5.74) is 0. The first-order valence-electron chi connectivity index (χ1n) is 8.00. The first-order valence-corrected chi connectivity index (χ1v) is 8.00. The Hall–Kier alpha value is -0.650. The average molecular weight is 300 g/mol. The molecule has 1 amide bonds. The number of hydrogen-bond donors (Lipinski definition) is 0. The van der Waals surface area contributed by atoms with Gasteiger partial charge in [0.2, 0.25) is 5.91 Å². The van der Waals surface area contributed by atoms with Crippen molar-refractivity contribution in [3.05, 3.63) is 0 Å². The number of methoxy groups -OCH3 is 1. The molecular weight excluding hydrogens is 268 g/mol. The van der Waals surface area contributed by atoms with Gasteiger partial charge in [0.15, 0.2) is 0 Å². The summed E-state index contributed by atoms with van der Waals surface area (Å²) in [7, 11) is 3.58. The second-order valence-electron chi connectivity index (χ2n) is 6.51. The van der Waals surface area contributed by atoms with Crippen molar-refractivity contribution in [3.8, 4) is 0 Å². The Balaban J connectivity index is 2.69. The number of morpholine rings is 1. The fraction of sp³-hybridized carbons (Fsp3) is 0.938. The Morgan fingerprint density at radius 3 is 2.38 bits per heavy atom. The van der Waals surface area contributed by atoms with E-state index in [2.05, 4.69) is 32.6 Å². The minimum absolute atomic E-state index is 0.0636. The van der Waals surface area contributed by atoms with Crippen molar-refractivity contribution >= 4 is 5.91 Å². The highest BCUT2D eigenvalue weighted by Crippen LogP contribution is 2.20. The molecule has 3 unspecified atom stereocenters. The predicted molar refractivity (Wildman–Crippen MR) is 84.3 cm³/mol. The lowest BCUT2D eigenvalue weighted by Gasteiger charge is -2.42. The van der Waals surface area contributed by atoms with Crippen LogP contribution in [0, 0.1) is 5.92 Å². The zero-order chi connectivity index (χ0) is 16.0. The van der Waals surface area contributed by atoms with Gasteiger partial charge >= 0.3 is 0 Å². The highest BCUT2D eigenvalue weighted by molar-refractivity contribution is 5.82. The van der Waals surface area contributed by atoms with E-state index in [0.29, 0.717) is 12.5 Å². The Labute approximate surface area is 129 Å². The lowest BCUT2D eigenvalue weighted by molar-refractivity contribution is -0.144. The van der Waals surface area contributed by atoms with E-state index in [1.807, 2.05) is 11.9 Å². The molecule has 0 spiro atoms. The molecule has 0 aromatic carbocycles. The van der Waals surface area contributed by atoms with Crippen LogP contribution in [0.15, 0.2) is 0 Å². The molecule has 0 aromatic heterocycles. The molecule has 124 valence electrons. The van der Waals surface area contributed by atoms with Crippen LogP contribution in [0.2, 0.25) is 0 Å².